The van der Waals surface area contributed by atoms with Crippen molar-refractivity contribution < 1.29 is 9.50 Å². The van der Waals surface area contributed by atoms with Crippen molar-refractivity contribution in [3.05, 3.63) is 59.7 Å². The maximum absolute atomic E-state index is 13.9. The van der Waals surface area contributed by atoms with Gasteiger partial charge in [0, 0.05) is 24.0 Å². The molecule has 0 aliphatic rings. The monoisotopic (exact) mass is 274 g/mol. The molecule has 0 radical (unpaired) electrons. The lowest BCUT2D eigenvalue weighted by atomic mass is 10.1. The largest absolute Gasteiger partial charge is 0.389 e. The molecule has 2 rings (SSSR count). The highest BCUT2D eigenvalue weighted by Gasteiger charge is 2.17. The van der Waals surface area contributed by atoms with Crippen LogP contribution >= 0.6 is 0 Å². The molecule has 3 nitrogen and oxygen atoms in total. The fourth-order valence-electron chi connectivity index (χ4n) is 2.27. The van der Waals surface area contributed by atoms with E-state index in [1.165, 1.54) is 6.07 Å². The fourth-order valence-corrected chi connectivity index (χ4v) is 2.27. The second-order valence-electron chi connectivity index (χ2n) is 4.68. The Bertz CT molecular complexity index is 558. The molecule has 0 aliphatic heterocycles. The topological polar surface area (TPSA) is 36.4 Å². The van der Waals surface area contributed by atoms with Crippen molar-refractivity contribution in [2.24, 2.45) is 0 Å². The van der Waals surface area contributed by atoms with E-state index < -0.39 is 6.10 Å². The molecule has 2 aromatic rings. The molecular formula is C16H19FN2O. The molecule has 1 unspecified atom stereocenters. The zero-order chi connectivity index (χ0) is 14.5. The molecule has 4 heteroatoms. The van der Waals surface area contributed by atoms with Crippen LogP contribution in [0, 0.1) is 5.82 Å². The molecule has 1 heterocycles. The number of anilines is 1. The van der Waals surface area contributed by atoms with Crippen LogP contribution in [-0.2, 0) is 6.54 Å². The smallest absolute Gasteiger partial charge is 0.131 e. The lowest BCUT2D eigenvalue weighted by Crippen LogP contribution is -2.24. The Balaban J connectivity index is 2.35. The summed E-state index contributed by atoms with van der Waals surface area (Å²) in [6.45, 7) is 4.87. The molecule has 0 saturated heterocycles. The van der Waals surface area contributed by atoms with Gasteiger partial charge in [-0.15, -0.1) is 0 Å². The summed E-state index contributed by atoms with van der Waals surface area (Å²) < 4.78 is 13.9. The SMILES string of the molecule is CCN(Cc1ccccn1)c1cccc(F)c1C(C)O. The average Bonchev–Trinajstić information content (AvgIpc) is 2.45. The van der Waals surface area contributed by atoms with E-state index in [9.17, 15) is 9.50 Å². The van der Waals surface area contributed by atoms with E-state index >= 15 is 0 Å². The molecule has 1 atom stereocenters. The molecule has 1 aromatic heterocycles. The minimum atomic E-state index is -0.844. The Morgan fingerprint density at radius 2 is 2.05 bits per heavy atom. The van der Waals surface area contributed by atoms with Gasteiger partial charge >= 0.3 is 0 Å². The van der Waals surface area contributed by atoms with Crippen LogP contribution in [0.25, 0.3) is 0 Å². The zero-order valence-electron chi connectivity index (χ0n) is 11.8. The number of aliphatic hydroxyl groups excluding tert-OH is 1. The molecule has 20 heavy (non-hydrogen) atoms. The number of hydrogen-bond acceptors (Lipinski definition) is 3. The van der Waals surface area contributed by atoms with E-state index in [-0.39, 0.29) is 5.82 Å². The third-order valence-corrected chi connectivity index (χ3v) is 3.25. The summed E-state index contributed by atoms with van der Waals surface area (Å²) in [7, 11) is 0. The second kappa shape index (κ2) is 6.48. The Labute approximate surface area is 118 Å². The minimum Gasteiger partial charge on any atom is -0.389 e. The number of hydrogen-bond donors (Lipinski definition) is 1. The van der Waals surface area contributed by atoms with Crippen LogP contribution in [0.3, 0.4) is 0 Å². The van der Waals surface area contributed by atoms with E-state index in [2.05, 4.69) is 4.98 Å². The van der Waals surface area contributed by atoms with Gasteiger partial charge in [0.2, 0.25) is 0 Å². The predicted octanol–water partition coefficient (Wildman–Crippen LogP) is 3.30. The van der Waals surface area contributed by atoms with Crippen LogP contribution in [0.2, 0.25) is 0 Å². The predicted molar refractivity (Wildman–Crippen MR) is 78.0 cm³/mol. The van der Waals surface area contributed by atoms with Crippen molar-refractivity contribution >= 4 is 5.69 Å². The first kappa shape index (κ1) is 14.5. The maximum Gasteiger partial charge on any atom is 0.131 e. The molecule has 1 N–H and O–H groups in total. The normalized spacial score (nSPS) is 12.2. The van der Waals surface area contributed by atoms with E-state index in [0.717, 1.165) is 5.69 Å². The van der Waals surface area contributed by atoms with E-state index in [1.807, 2.05) is 36.1 Å². The standard InChI is InChI=1S/C16H19FN2O/c1-3-19(11-13-7-4-5-10-18-13)15-9-6-8-14(17)16(15)12(2)20/h4-10,12,20H,3,11H2,1-2H3. The summed E-state index contributed by atoms with van der Waals surface area (Å²) in [5, 5.41) is 9.81. The molecule has 106 valence electrons. The molecular weight excluding hydrogens is 255 g/mol. The van der Waals surface area contributed by atoms with Gasteiger partial charge in [-0.05, 0) is 38.1 Å². The first-order chi connectivity index (χ1) is 9.63. The van der Waals surface area contributed by atoms with E-state index in [4.69, 9.17) is 0 Å². The van der Waals surface area contributed by atoms with Crippen molar-refractivity contribution in [2.45, 2.75) is 26.5 Å². The van der Waals surface area contributed by atoms with Crippen LogP contribution in [0.5, 0.6) is 0 Å². The molecule has 0 fully saturated rings. The van der Waals surface area contributed by atoms with Gasteiger partial charge in [0.1, 0.15) is 5.82 Å². The average molecular weight is 274 g/mol. The Morgan fingerprint density at radius 1 is 1.25 bits per heavy atom. The Hall–Kier alpha value is -1.94. The summed E-state index contributed by atoms with van der Waals surface area (Å²) in [6, 6.07) is 10.6. The number of pyridine rings is 1. The quantitative estimate of drug-likeness (QED) is 0.908. The van der Waals surface area contributed by atoms with Gasteiger partial charge in [-0.1, -0.05) is 12.1 Å². The van der Waals surface area contributed by atoms with E-state index in [1.54, 1.807) is 19.2 Å². The first-order valence-corrected chi connectivity index (χ1v) is 6.74. The van der Waals surface area contributed by atoms with Crippen LogP contribution in [0.1, 0.15) is 31.2 Å². The summed E-state index contributed by atoms with van der Waals surface area (Å²) in [5.41, 5.74) is 1.97. The van der Waals surface area contributed by atoms with E-state index in [0.29, 0.717) is 24.3 Å². The van der Waals surface area contributed by atoms with Gasteiger partial charge in [0.15, 0.2) is 0 Å². The van der Waals surface area contributed by atoms with Crippen LogP contribution in [-0.4, -0.2) is 16.6 Å². The summed E-state index contributed by atoms with van der Waals surface area (Å²) in [6.07, 6.45) is 0.897. The van der Waals surface area contributed by atoms with Crippen molar-refractivity contribution in [2.75, 3.05) is 11.4 Å². The third-order valence-electron chi connectivity index (χ3n) is 3.25. The van der Waals surface area contributed by atoms with Crippen LogP contribution < -0.4 is 4.90 Å². The molecule has 0 spiro atoms. The van der Waals surface area contributed by atoms with Gasteiger partial charge < -0.3 is 10.0 Å². The Morgan fingerprint density at radius 3 is 2.65 bits per heavy atom. The lowest BCUT2D eigenvalue weighted by molar-refractivity contribution is 0.194. The number of rotatable bonds is 5. The van der Waals surface area contributed by atoms with Crippen molar-refractivity contribution in [3.63, 3.8) is 0 Å². The van der Waals surface area contributed by atoms with Crippen molar-refractivity contribution in [1.82, 2.24) is 4.98 Å². The van der Waals surface area contributed by atoms with Gasteiger partial charge in [0.05, 0.1) is 18.3 Å². The fraction of sp³-hybridized carbons (Fsp3) is 0.312. The zero-order valence-corrected chi connectivity index (χ0v) is 11.8. The molecule has 0 amide bonds. The molecule has 0 saturated carbocycles. The molecule has 0 bridgehead atoms. The number of halogens is 1. The van der Waals surface area contributed by atoms with Gasteiger partial charge in [-0.25, -0.2) is 4.39 Å². The maximum atomic E-state index is 13.9. The van der Waals surface area contributed by atoms with Gasteiger partial charge in [0.25, 0.3) is 0 Å². The first-order valence-electron chi connectivity index (χ1n) is 6.74. The molecule has 1 aromatic carbocycles. The number of aliphatic hydroxyl groups is 1. The minimum absolute atomic E-state index is 0.338. The summed E-state index contributed by atoms with van der Waals surface area (Å²) in [4.78, 5) is 6.30. The number of benzene rings is 1. The summed E-state index contributed by atoms with van der Waals surface area (Å²) in [5.74, 6) is -0.378. The Kier molecular flexibility index (Phi) is 4.69. The molecule has 0 aliphatic carbocycles. The lowest BCUT2D eigenvalue weighted by Gasteiger charge is -2.26. The van der Waals surface area contributed by atoms with Gasteiger partial charge in [-0.3, -0.25) is 4.98 Å². The number of nitrogens with zero attached hydrogens (tertiary/aromatic N) is 2. The van der Waals surface area contributed by atoms with Crippen LogP contribution in [0.4, 0.5) is 10.1 Å². The summed E-state index contributed by atoms with van der Waals surface area (Å²) >= 11 is 0. The van der Waals surface area contributed by atoms with Crippen molar-refractivity contribution in [3.8, 4) is 0 Å². The highest BCUT2D eigenvalue weighted by Crippen LogP contribution is 2.29. The number of aromatic nitrogens is 1. The van der Waals surface area contributed by atoms with Gasteiger partial charge in [-0.2, -0.15) is 0 Å². The third kappa shape index (κ3) is 3.14. The second-order valence-corrected chi connectivity index (χ2v) is 4.68. The van der Waals surface area contributed by atoms with Crippen LogP contribution in [0.15, 0.2) is 42.6 Å². The highest BCUT2D eigenvalue weighted by atomic mass is 19.1. The highest BCUT2D eigenvalue weighted by molar-refractivity contribution is 5.55. The van der Waals surface area contributed by atoms with Crippen molar-refractivity contribution in [1.29, 1.82) is 0 Å².